The smallest absolute Gasteiger partial charge is 0.256 e. The molecule has 0 bridgehead atoms. The van der Waals surface area contributed by atoms with E-state index in [0.717, 1.165) is 11.3 Å². The van der Waals surface area contributed by atoms with Gasteiger partial charge in [-0.1, -0.05) is 0 Å². The molecule has 4 nitrogen and oxygen atoms in total. The Bertz CT molecular complexity index is 449. The molecule has 0 aliphatic carbocycles. The van der Waals surface area contributed by atoms with Crippen molar-refractivity contribution in [2.24, 2.45) is 0 Å². The van der Waals surface area contributed by atoms with E-state index < -0.39 is 0 Å². The van der Waals surface area contributed by atoms with Crippen LogP contribution >= 0.6 is 0 Å². The van der Waals surface area contributed by atoms with Crippen LogP contribution < -0.4 is 0 Å². The Hall–Kier alpha value is -1.42. The standard InChI is InChI=1S/C14H20N2O2/c1-9-5-13(6-15-12(9)4)14(17)16-10(2)7-18-8-11(16)3/h5-6,10-11H,7-8H2,1-4H3. The Balaban J connectivity index is 2.26. The maximum absolute atomic E-state index is 12.5. The van der Waals surface area contributed by atoms with Gasteiger partial charge in [0.1, 0.15) is 0 Å². The van der Waals surface area contributed by atoms with Crippen LogP contribution in [0.1, 0.15) is 35.5 Å². The van der Waals surface area contributed by atoms with Crippen LogP contribution in [0.4, 0.5) is 0 Å². The molecule has 1 aromatic heterocycles. The molecule has 0 aromatic carbocycles. The number of nitrogens with zero attached hydrogens (tertiary/aromatic N) is 2. The maximum atomic E-state index is 12.5. The third-order valence-electron chi connectivity index (χ3n) is 3.49. The van der Waals surface area contributed by atoms with E-state index in [0.29, 0.717) is 18.8 Å². The van der Waals surface area contributed by atoms with E-state index in [1.807, 2.05) is 38.7 Å². The molecule has 4 heteroatoms. The monoisotopic (exact) mass is 248 g/mol. The lowest BCUT2D eigenvalue weighted by atomic mass is 10.1. The third-order valence-corrected chi connectivity index (χ3v) is 3.49. The van der Waals surface area contributed by atoms with Crippen LogP contribution in [-0.2, 0) is 4.74 Å². The average molecular weight is 248 g/mol. The molecule has 2 unspecified atom stereocenters. The zero-order valence-electron chi connectivity index (χ0n) is 11.4. The lowest BCUT2D eigenvalue weighted by Crippen LogP contribution is -2.52. The van der Waals surface area contributed by atoms with E-state index in [1.165, 1.54) is 0 Å². The Labute approximate surface area is 108 Å². The lowest BCUT2D eigenvalue weighted by molar-refractivity contribution is -0.0249. The number of morpholine rings is 1. The Morgan fingerprint density at radius 2 is 1.94 bits per heavy atom. The Morgan fingerprint density at radius 3 is 2.50 bits per heavy atom. The number of carbonyl (C=O) groups is 1. The summed E-state index contributed by atoms with van der Waals surface area (Å²) >= 11 is 0. The van der Waals surface area contributed by atoms with E-state index in [4.69, 9.17) is 4.74 Å². The summed E-state index contributed by atoms with van der Waals surface area (Å²) in [6, 6.07) is 2.14. The highest BCUT2D eigenvalue weighted by atomic mass is 16.5. The van der Waals surface area contributed by atoms with Crippen LogP contribution in [0.3, 0.4) is 0 Å². The van der Waals surface area contributed by atoms with Crippen molar-refractivity contribution < 1.29 is 9.53 Å². The van der Waals surface area contributed by atoms with Gasteiger partial charge in [-0.2, -0.15) is 0 Å². The summed E-state index contributed by atoms with van der Waals surface area (Å²) in [5, 5.41) is 0. The van der Waals surface area contributed by atoms with Gasteiger partial charge in [0.25, 0.3) is 5.91 Å². The Morgan fingerprint density at radius 1 is 1.33 bits per heavy atom. The average Bonchev–Trinajstić information content (AvgIpc) is 2.32. The fourth-order valence-electron chi connectivity index (χ4n) is 2.31. The van der Waals surface area contributed by atoms with Gasteiger partial charge in [-0.25, -0.2) is 0 Å². The molecule has 1 aliphatic rings. The van der Waals surface area contributed by atoms with Gasteiger partial charge in [-0.15, -0.1) is 0 Å². The number of carbonyl (C=O) groups excluding carboxylic acids is 1. The molecule has 0 N–H and O–H groups in total. The van der Waals surface area contributed by atoms with Gasteiger partial charge < -0.3 is 9.64 Å². The minimum absolute atomic E-state index is 0.0499. The molecular weight excluding hydrogens is 228 g/mol. The molecular formula is C14H20N2O2. The molecule has 18 heavy (non-hydrogen) atoms. The van der Waals surface area contributed by atoms with Crippen LogP contribution in [0.15, 0.2) is 12.3 Å². The van der Waals surface area contributed by atoms with Crippen molar-refractivity contribution in [1.29, 1.82) is 0 Å². The fourth-order valence-corrected chi connectivity index (χ4v) is 2.31. The first-order valence-electron chi connectivity index (χ1n) is 6.34. The van der Waals surface area contributed by atoms with E-state index >= 15 is 0 Å². The molecule has 1 amide bonds. The summed E-state index contributed by atoms with van der Waals surface area (Å²) < 4.78 is 5.44. The fraction of sp³-hybridized carbons (Fsp3) is 0.571. The van der Waals surface area contributed by atoms with Crippen molar-refractivity contribution in [3.63, 3.8) is 0 Å². The molecule has 0 radical (unpaired) electrons. The van der Waals surface area contributed by atoms with Crippen molar-refractivity contribution in [1.82, 2.24) is 9.88 Å². The summed E-state index contributed by atoms with van der Waals surface area (Å²) in [5.41, 5.74) is 2.68. The molecule has 1 fully saturated rings. The van der Waals surface area contributed by atoms with Crippen LogP contribution in [0, 0.1) is 13.8 Å². The third kappa shape index (κ3) is 2.38. The van der Waals surface area contributed by atoms with E-state index in [9.17, 15) is 4.79 Å². The molecule has 1 saturated heterocycles. The number of aromatic nitrogens is 1. The van der Waals surface area contributed by atoms with Gasteiger partial charge in [-0.05, 0) is 39.3 Å². The van der Waals surface area contributed by atoms with Gasteiger partial charge in [-0.3, -0.25) is 9.78 Å². The van der Waals surface area contributed by atoms with Crippen LogP contribution in [0.2, 0.25) is 0 Å². The van der Waals surface area contributed by atoms with Gasteiger partial charge in [0.05, 0.1) is 30.9 Å². The van der Waals surface area contributed by atoms with Crippen molar-refractivity contribution in [2.45, 2.75) is 39.8 Å². The van der Waals surface area contributed by atoms with Crippen LogP contribution in [0.5, 0.6) is 0 Å². The number of hydrogen-bond acceptors (Lipinski definition) is 3. The summed E-state index contributed by atoms with van der Waals surface area (Å²) in [6.45, 7) is 9.17. The quantitative estimate of drug-likeness (QED) is 0.763. The molecule has 2 heterocycles. The second kappa shape index (κ2) is 5.06. The van der Waals surface area contributed by atoms with Crippen molar-refractivity contribution in [2.75, 3.05) is 13.2 Å². The molecule has 98 valence electrons. The summed E-state index contributed by atoms with van der Waals surface area (Å²) in [7, 11) is 0. The highest BCUT2D eigenvalue weighted by Crippen LogP contribution is 2.18. The lowest BCUT2D eigenvalue weighted by Gasteiger charge is -2.38. The second-order valence-electron chi connectivity index (χ2n) is 5.07. The van der Waals surface area contributed by atoms with Gasteiger partial charge in [0.2, 0.25) is 0 Å². The number of rotatable bonds is 1. The van der Waals surface area contributed by atoms with Crippen molar-refractivity contribution >= 4 is 5.91 Å². The second-order valence-corrected chi connectivity index (χ2v) is 5.07. The predicted octanol–water partition coefficient (Wildman–Crippen LogP) is 1.95. The number of pyridine rings is 1. The number of amides is 1. The summed E-state index contributed by atoms with van der Waals surface area (Å²) in [5.74, 6) is 0.0499. The first-order valence-corrected chi connectivity index (χ1v) is 6.34. The molecule has 0 saturated carbocycles. The van der Waals surface area contributed by atoms with E-state index in [1.54, 1.807) is 6.20 Å². The number of hydrogen-bond donors (Lipinski definition) is 0. The molecule has 2 rings (SSSR count). The minimum Gasteiger partial charge on any atom is -0.377 e. The minimum atomic E-state index is 0.0499. The Kier molecular flexibility index (Phi) is 3.66. The van der Waals surface area contributed by atoms with Crippen molar-refractivity contribution in [3.8, 4) is 0 Å². The first kappa shape index (κ1) is 13.0. The molecule has 1 aliphatic heterocycles. The van der Waals surface area contributed by atoms with E-state index in [-0.39, 0.29) is 18.0 Å². The first-order chi connectivity index (χ1) is 8.50. The van der Waals surface area contributed by atoms with Gasteiger partial charge in [0, 0.05) is 11.9 Å². The molecule has 2 atom stereocenters. The van der Waals surface area contributed by atoms with Crippen LogP contribution in [0.25, 0.3) is 0 Å². The predicted molar refractivity (Wildman–Crippen MR) is 69.6 cm³/mol. The zero-order chi connectivity index (χ0) is 13.3. The molecule has 0 spiro atoms. The molecule has 1 aromatic rings. The largest absolute Gasteiger partial charge is 0.377 e. The maximum Gasteiger partial charge on any atom is 0.256 e. The van der Waals surface area contributed by atoms with Crippen LogP contribution in [-0.4, -0.2) is 41.1 Å². The van der Waals surface area contributed by atoms with Gasteiger partial charge >= 0.3 is 0 Å². The SMILES string of the molecule is Cc1cc(C(=O)N2C(C)COCC2C)cnc1C. The summed E-state index contributed by atoms with van der Waals surface area (Å²) in [4.78, 5) is 18.7. The summed E-state index contributed by atoms with van der Waals surface area (Å²) in [6.07, 6.45) is 1.67. The topological polar surface area (TPSA) is 42.4 Å². The normalized spacial score (nSPS) is 24.1. The highest BCUT2D eigenvalue weighted by molar-refractivity contribution is 5.94. The van der Waals surface area contributed by atoms with Gasteiger partial charge in [0.15, 0.2) is 0 Å². The number of aryl methyl sites for hydroxylation is 2. The highest BCUT2D eigenvalue weighted by Gasteiger charge is 2.30. The zero-order valence-corrected chi connectivity index (χ0v) is 11.4. The van der Waals surface area contributed by atoms with Crippen molar-refractivity contribution in [3.05, 3.63) is 29.1 Å². The number of ether oxygens (including phenoxy) is 1. The van der Waals surface area contributed by atoms with E-state index in [2.05, 4.69) is 4.98 Å².